The molecule has 4 rings (SSSR count). The Kier molecular flexibility index (Phi) is 3.41. The van der Waals surface area contributed by atoms with E-state index in [0.717, 1.165) is 13.1 Å². The highest BCUT2D eigenvalue weighted by Crippen LogP contribution is 2.44. The molecule has 3 heteroatoms. The minimum atomic E-state index is -0.218. The third-order valence-corrected chi connectivity index (χ3v) is 4.84. The first-order valence-corrected chi connectivity index (χ1v) is 8.00. The van der Waals surface area contributed by atoms with Crippen molar-refractivity contribution in [1.29, 1.82) is 0 Å². The molecular formula is C20H19NO2. The second-order valence-electron chi connectivity index (χ2n) is 6.20. The van der Waals surface area contributed by atoms with Crippen molar-refractivity contribution in [2.75, 3.05) is 19.7 Å². The number of carbonyl (C=O) groups is 1. The van der Waals surface area contributed by atoms with Gasteiger partial charge in [-0.05, 0) is 22.3 Å². The van der Waals surface area contributed by atoms with E-state index in [0.29, 0.717) is 12.5 Å². The van der Waals surface area contributed by atoms with Crippen LogP contribution in [-0.4, -0.2) is 30.7 Å². The Balaban J connectivity index is 1.51. The molecule has 1 heterocycles. The SMILES string of the molecule is C=CC1CN(C(=O)OCC2c3ccccc3-c3ccccc32)C1. The van der Waals surface area contributed by atoms with Crippen molar-refractivity contribution < 1.29 is 9.53 Å². The van der Waals surface area contributed by atoms with Crippen LogP contribution in [0, 0.1) is 5.92 Å². The van der Waals surface area contributed by atoms with E-state index >= 15 is 0 Å². The van der Waals surface area contributed by atoms with Gasteiger partial charge < -0.3 is 9.64 Å². The van der Waals surface area contributed by atoms with Crippen LogP contribution in [0.4, 0.5) is 4.79 Å². The van der Waals surface area contributed by atoms with Crippen molar-refractivity contribution in [2.45, 2.75) is 5.92 Å². The summed E-state index contributed by atoms with van der Waals surface area (Å²) in [6.07, 6.45) is 1.68. The lowest BCUT2D eigenvalue weighted by atomic mass is 9.98. The summed E-state index contributed by atoms with van der Waals surface area (Å²) >= 11 is 0. The molecule has 0 N–H and O–H groups in total. The summed E-state index contributed by atoms with van der Waals surface area (Å²) in [7, 11) is 0. The zero-order valence-corrected chi connectivity index (χ0v) is 12.9. The molecular weight excluding hydrogens is 286 g/mol. The van der Waals surface area contributed by atoms with Crippen molar-refractivity contribution >= 4 is 6.09 Å². The van der Waals surface area contributed by atoms with Gasteiger partial charge in [0.05, 0.1) is 0 Å². The van der Waals surface area contributed by atoms with Gasteiger partial charge in [-0.15, -0.1) is 6.58 Å². The average molecular weight is 305 g/mol. The molecule has 116 valence electrons. The summed E-state index contributed by atoms with van der Waals surface area (Å²) < 4.78 is 5.59. The quantitative estimate of drug-likeness (QED) is 0.801. The van der Waals surface area contributed by atoms with Crippen LogP contribution in [0.1, 0.15) is 17.0 Å². The van der Waals surface area contributed by atoms with Crippen LogP contribution in [0.15, 0.2) is 61.2 Å². The second kappa shape index (κ2) is 5.58. The number of nitrogens with zero attached hydrogens (tertiary/aromatic N) is 1. The molecule has 3 nitrogen and oxygen atoms in total. The summed E-state index contributed by atoms with van der Waals surface area (Å²) in [5, 5.41) is 0. The summed E-state index contributed by atoms with van der Waals surface area (Å²) in [5.74, 6) is 0.540. The predicted octanol–water partition coefficient (Wildman–Crippen LogP) is 4.05. The highest BCUT2D eigenvalue weighted by Gasteiger charge is 2.32. The van der Waals surface area contributed by atoms with Crippen LogP contribution in [0.2, 0.25) is 0 Å². The molecule has 0 atom stereocenters. The van der Waals surface area contributed by atoms with Gasteiger partial charge in [0.25, 0.3) is 0 Å². The lowest BCUT2D eigenvalue weighted by Gasteiger charge is -2.36. The van der Waals surface area contributed by atoms with E-state index in [1.54, 1.807) is 4.90 Å². The van der Waals surface area contributed by atoms with Gasteiger partial charge in [-0.1, -0.05) is 54.6 Å². The number of rotatable bonds is 3. The Hall–Kier alpha value is -2.55. The molecule has 2 aliphatic rings. The molecule has 0 saturated carbocycles. The molecule has 0 radical (unpaired) electrons. The number of amides is 1. The number of likely N-dealkylation sites (tertiary alicyclic amines) is 1. The number of hydrogen-bond donors (Lipinski definition) is 0. The molecule has 1 aliphatic carbocycles. The van der Waals surface area contributed by atoms with E-state index in [9.17, 15) is 4.79 Å². The van der Waals surface area contributed by atoms with Crippen LogP contribution in [0.5, 0.6) is 0 Å². The van der Waals surface area contributed by atoms with Crippen LogP contribution in [0.25, 0.3) is 11.1 Å². The monoisotopic (exact) mass is 305 g/mol. The Bertz CT molecular complexity index is 716. The Morgan fingerprint density at radius 2 is 1.65 bits per heavy atom. The number of carbonyl (C=O) groups excluding carboxylic acids is 1. The Morgan fingerprint density at radius 3 is 2.22 bits per heavy atom. The Morgan fingerprint density at radius 1 is 1.09 bits per heavy atom. The topological polar surface area (TPSA) is 29.5 Å². The van der Waals surface area contributed by atoms with Gasteiger partial charge in [-0.25, -0.2) is 4.79 Å². The van der Waals surface area contributed by atoms with Crippen LogP contribution >= 0.6 is 0 Å². The molecule has 0 unspecified atom stereocenters. The predicted molar refractivity (Wildman–Crippen MR) is 90.3 cm³/mol. The van der Waals surface area contributed by atoms with Crippen molar-refractivity contribution in [1.82, 2.24) is 4.90 Å². The molecule has 1 saturated heterocycles. The number of ether oxygens (including phenoxy) is 1. The minimum absolute atomic E-state index is 0.128. The largest absolute Gasteiger partial charge is 0.448 e. The van der Waals surface area contributed by atoms with Gasteiger partial charge in [0.1, 0.15) is 6.61 Å². The highest BCUT2D eigenvalue weighted by atomic mass is 16.6. The lowest BCUT2D eigenvalue weighted by molar-refractivity contribution is 0.0637. The van der Waals surface area contributed by atoms with Gasteiger partial charge in [-0.2, -0.15) is 0 Å². The maximum absolute atomic E-state index is 12.1. The van der Waals surface area contributed by atoms with Gasteiger partial charge in [0.15, 0.2) is 0 Å². The summed E-state index contributed by atoms with van der Waals surface area (Å²) in [4.78, 5) is 13.9. The second-order valence-corrected chi connectivity index (χ2v) is 6.20. The van der Waals surface area contributed by atoms with Crippen molar-refractivity contribution in [3.05, 3.63) is 72.3 Å². The fraction of sp³-hybridized carbons (Fsp3) is 0.250. The molecule has 1 fully saturated rings. The zero-order valence-electron chi connectivity index (χ0n) is 12.9. The van der Waals surface area contributed by atoms with Crippen molar-refractivity contribution in [2.24, 2.45) is 5.92 Å². The third kappa shape index (κ3) is 2.33. The molecule has 23 heavy (non-hydrogen) atoms. The lowest BCUT2D eigenvalue weighted by Crippen LogP contribution is -2.49. The van der Waals surface area contributed by atoms with E-state index in [1.165, 1.54) is 22.3 Å². The molecule has 2 aromatic carbocycles. The molecule has 0 spiro atoms. The first kappa shape index (κ1) is 14.1. The molecule has 1 amide bonds. The standard InChI is InChI=1S/C20H19NO2/c1-2-14-11-21(12-14)20(22)23-13-19-17-9-5-3-7-15(17)16-8-4-6-10-18(16)19/h2-10,14,19H,1,11-13H2. The molecule has 1 aliphatic heterocycles. The maximum Gasteiger partial charge on any atom is 0.409 e. The van der Waals surface area contributed by atoms with Gasteiger partial charge in [-0.3, -0.25) is 0 Å². The average Bonchev–Trinajstić information content (AvgIpc) is 2.86. The van der Waals surface area contributed by atoms with Crippen LogP contribution in [0.3, 0.4) is 0 Å². The highest BCUT2D eigenvalue weighted by molar-refractivity contribution is 5.79. The maximum atomic E-state index is 12.1. The summed E-state index contributed by atoms with van der Waals surface area (Å²) in [6, 6.07) is 16.7. The third-order valence-electron chi connectivity index (χ3n) is 4.84. The summed E-state index contributed by atoms with van der Waals surface area (Å²) in [6.45, 7) is 5.59. The smallest absolute Gasteiger partial charge is 0.409 e. The summed E-state index contributed by atoms with van der Waals surface area (Å²) in [5.41, 5.74) is 4.99. The van der Waals surface area contributed by atoms with Gasteiger partial charge in [0.2, 0.25) is 0 Å². The van der Waals surface area contributed by atoms with E-state index in [1.807, 2.05) is 18.2 Å². The van der Waals surface area contributed by atoms with E-state index in [4.69, 9.17) is 4.74 Å². The van der Waals surface area contributed by atoms with Gasteiger partial charge >= 0.3 is 6.09 Å². The fourth-order valence-electron chi connectivity index (χ4n) is 3.50. The molecule has 0 bridgehead atoms. The van der Waals surface area contributed by atoms with Crippen LogP contribution in [-0.2, 0) is 4.74 Å². The van der Waals surface area contributed by atoms with Crippen molar-refractivity contribution in [3.63, 3.8) is 0 Å². The van der Waals surface area contributed by atoms with Crippen molar-refractivity contribution in [3.8, 4) is 11.1 Å². The molecule has 2 aromatic rings. The number of hydrogen-bond acceptors (Lipinski definition) is 2. The van der Waals surface area contributed by atoms with E-state index in [-0.39, 0.29) is 12.0 Å². The zero-order chi connectivity index (χ0) is 15.8. The van der Waals surface area contributed by atoms with E-state index in [2.05, 4.69) is 43.0 Å². The normalized spacial score (nSPS) is 16.4. The molecule has 0 aromatic heterocycles. The van der Waals surface area contributed by atoms with E-state index < -0.39 is 0 Å². The number of benzene rings is 2. The minimum Gasteiger partial charge on any atom is -0.448 e. The van der Waals surface area contributed by atoms with Crippen LogP contribution < -0.4 is 0 Å². The van der Waals surface area contributed by atoms with Gasteiger partial charge in [0, 0.05) is 24.9 Å². The first-order valence-electron chi connectivity index (χ1n) is 8.00. The fourth-order valence-corrected chi connectivity index (χ4v) is 3.50. The first-order chi connectivity index (χ1) is 11.3. The number of fused-ring (bicyclic) bond motifs is 3. The Labute approximate surface area is 136 Å².